The van der Waals surface area contributed by atoms with Crippen molar-refractivity contribution in [1.82, 2.24) is 0 Å². The van der Waals surface area contributed by atoms with E-state index < -0.39 is 0 Å². The van der Waals surface area contributed by atoms with Gasteiger partial charge in [0.25, 0.3) is 0 Å². The number of rotatable bonds is 20. The van der Waals surface area contributed by atoms with Crippen molar-refractivity contribution in [3.63, 3.8) is 0 Å². The van der Waals surface area contributed by atoms with Crippen molar-refractivity contribution in [1.29, 1.82) is 0 Å². The molecule has 0 radical (unpaired) electrons. The van der Waals surface area contributed by atoms with E-state index in [-0.39, 0.29) is 11.5 Å². The molecule has 0 amide bonds. The fourth-order valence-corrected chi connectivity index (χ4v) is 4.98. The van der Waals surface area contributed by atoms with Gasteiger partial charge in [0.05, 0.1) is 0 Å². The molecule has 0 unspecified atom stereocenters. The van der Waals surface area contributed by atoms with Crippen LogP contribution < -0.4 is 9.80 Å². The summed E-state index contributed by atoms with van der Waals surface area (Å²) in [4.78, 5) is 5.20. The lowest BCUT2D eigenvalue weighted by molar-refractivity contribution is 0.450. The lowest BCUT2D eigenvalue weighted by Crippen LogP contribution is -2.28. The normalized spacial score (nSPS) is 11.4. The molecule has 0 aromatic heterocycles. The highest BCUT2D eigenvalue weighted by Crippen LogP contribution is 2.31. The van der Waals surface area contributed by atoms with Gasteiger partial charge in [0.2, 0.25) is 0 Å². The molecule has 4 nitrogen and oxygen atoms in total. The summed E-state index contributed by atoms with van der Waals surface area (Å²) in [6.45, 7) is 13.5. The molecule has 0 aliphatic heterocycles. The molecule has 2 N–H and O–H groups in total. The molecule has 212 valence electrons. The average Bonchev–Trinajstić information content (AvgIpc) is 2.90. The zero-order valence-electron chi connectivity index (χ0n) is 24.7. The number of phenols is 2. The lowest BCUT2D eigenvalue weighted by Gasteiger charge is -2.30. The summed E-state index contributed by atoms with van der Waals surface area (Å²) in [5.41, 5.74) is 4.61. The maximum atomic E-state index is 9.94. The molecule has 4 heteroatoms. The van der Waals surface area contributed by atoms with Crippen LogP contribution in [0.15, 0.2) is 36.4 Å². The predicted molar refractivity (Wildman–Crippen MR) is 168 cm³/mol. The number of anilines is 2. The maximum absolute atomic E-state index is 9.94. The number of benzene rings is 2. The molecule has 2 aromatic carbocycles. The Bertz CT molecular complexity index is 900. The van der Waals surface area contributed by atoms with Gasteiger partial charge in [-0.05, 0) is 61.1 Å². The van der Waals surface area contributed by atoms with Gasteiger partial charge in [-0.2, -0.15) is 0 Å². The van der Waals surface area contributed by atoms with E-state index in [0.29, 0.717) is 0 Å². The van der Waals surface area contributed by atoms with E-state index in [1.54, 1.807) is 12.1 Å². The molecule has 0 aliphatic rings. The number of hydrogen-bond donors (Lipinski definition) is 2. The van der Waals surface area contributed by atoms with Crippen LogP contribution in [0.3, 0.4) is 0 Å². The Labute approximate surface area is 233 Å². The van der Waals surface area contributed by atoms with Gasteiger partial charge < -0.3 is 20.0 Å². The highest BCUT2D eigenvalue weighted by molar-refractivity contribution is 5.80. The molecule has 0 bridgehead atoms. The number of unbranched alkanes of at least 4 members (excludes halogenated alkanes) is 8. The van der Waals surface area contributed by atoms with Crippen LogP contribution in [0.2, 0.25) is 0 Å². The first-order valence-electron chi connectivity index (χ1n) is 15.4. The monoisotopic (exact) mass is 522 g/mol. The first-order chi connectivity index (χ1) is 18.5. The second-order valence-electron chi connectivity index (χ2n) is 10.7. The van der Waals surface area contributed by atoms with Crippen LogP contribution in [0.25, 0.3) is 12.2 Å². The van der Waals surface area contributed by atoms with Crippen molar-refractivity contribution in [3.05, 3.63) is 47.5 Å². The van der Waals surface area contributed by atoms with Crippen LogP contribution in [0, 0.1) is 0 Å². The van der Waals surface area contributed by atoms with Gasteiger partial charge in [0, 0.05) is 43.6 Å². The van der Waals surface area contributed by atoms with Crippen LogP contribution in [0.4, 0.5) is 11.4 Å². The largest absolute Gasteiger partial charge is 0.508 e. The average molecular weight is 523 g/mol. The fraction of sp³-hybridized carbons (Fsp3) is 0.588. The van der Waals surface area contributed by atoms with Crippen molar-refractivity contribution in [2.24, 2.45) is 0 Å². The van der Waals surface area contributed by atoms with Gasteiger partial charge in [0.1, 0.15) is 11.5 Å². The highest BCUT2D eigenvalue weighted by atomic mass is 16.3. The minimum atomic E-state index is 0.0794. The molecule has 0 saturated carbocycles. The molecule has 0 aliphatic carbocycles. The molecule has 0 saturated heterocycles. The van der Waals surface area contributed by atoms with Crippen molar-refractivity contribution < 1.29 is 10.2 Å². The van der Waals surface area contributed by atoms with Crippen LogP contribution in [-0.4, -0.2) is 36.4 Å². The molecule has 0 atom stereocenters. The molecule has 0 spiro atoms. The van der Waals surface area contributed by atoms with Crippen LogP contribution in [0.5, 0.6) is 11.5 Å². The second kappa shape index (κ2) is 18.6. The number of phenolic OH excluding ortho intramolecular Hbond substituents is 2. The lowest BCUT2D eigenvalue weighted by atomic mass is 10.1. The van der Waals surface area contributed by atoms with Gasteiger partial charge in [-0.25, -0.2) is 0 Å². The van der Waals surface area contributed by atoms with Gasteiger partial charge in [-0.3, -0.25) is 0 Å². The molecule has 0 heterocycles. The molecular formula is C34H54N2O2. The highest BCUT2D eigenvalue weighted by Gasteiger charge is 2.14. The van der Waals surface area contributed by atoms with Crippen molar-refractivity contribution in [3.8, 4) is 11.5 Å². The summed E-state index contributed by atoms with van der Waals surface area (Å²) in [5.74, 6) is 0.159. The number of aromatic hydroxyl groups is 2. The van der Waals surface area contributed by atoms with E-state index in [4.69, 9.17) is 0 Å². The third-order valence-electron chi connectivity index (χ3n) is 7.23. The third kappa shape index (κ3) is 11.4. The zero-order valence-corrected chi connectivity index (χ0v) is 24.7. The molecule has 38 heavy (non-hydrogen) atoms. The number of hydrogen-bond acceptors (Lipinski definition) is 4. The minimum absolute atomic E-state index is 0.0794. The quantitative estimate of drug-likeness (QED) is 0.134. The Morgan fingerprint density at radius 2 is 1.03 bits per heavy atom. The molecular weight excluding hydrogens is 468 g/mol. The molecule has 2 aromatic rings. The summed E-state index contributed by atoms with van der Waals surface area (Å²) in [5, 5.41) is 19.9. The van der Waals surface area contributed by atoms with Crippen LogP contribution in [-0.2, 0) is 0 Å². The second-order valence-corrected chi connectivity index (χ2v) is 10.7. The summed E-state index contributed by atoms with van der Waals surface area (Å²) in [6, 6.07) is 11.7. The summed E-state index contributed by atoms with van der Waals surface area (Å²) in [6.07, 6.45) is 19.0. The molecule has 2 rings (SSSR count). The Kier molecular flexibility index (Phi) is 15.5. The van der Waals surface area contributed by atoms with Crippen LogP contribution in [0.1, 0.15) is 116 Å². The Balaban J connectivity index is 2.47. The van der Waals surface area contributed by atoms with E-state index in [2.05, 4.69) is 61.8 Å². The Morgan fingerprint density at radius 3 is 1.50 bits per heavy atom. The van der Waals surface area contributed by atoms with E-state index in [9.17, 15) is 10.2 Å². The molecule has 0 fully saturated rings. The summed E-state index contributed by atoms with van der Waals surface area (Å²) in [7, 11) is 0. The predicted octanol–water partition coefficient (Wildman–Crippen LogP) is 9.64. The van der Waals surface area contributed by atoms with Crippen molar-refractivity contribution in [2.75, 3.05) is 36.0 Å². The van der Waals surface area contributed by atoms with E-state index in [0.717, 1.165) is 31.7 Å². The smallest absolute Gasteiger partial charge is 0.119 e. The first kappa shape index (κ1) is 31.6. The van der Waals surface area contributed by atoms with Gasteiger partial charge in [-0.15, -0.1) is 0 Å². The van der Waals surface area contributed by atoms with E-state index in [1.807, 2.05) is 6.08 Å². The Hall–Kier alpha value is -2.62. The standard InChI is InChI=1S/C34H54N2O2/c1-5-9-13-21-35(22-14-10-6-2)31-20-19-30(18-17-29-25-32(37)28-33(38)26-29)34(27-31)36(23-15-11-7-3)24-16-12-8-4/h17-20,25-28,37-38H,5-16,21-24H2,1-4H3/b18-17+. The van der Waals surface area contributed by atoms with Gasteiger partial charge >= 0.3 is 0 Å². The SMILES string of the molecule is CCCCCN(CCCCC)c1ccc(/C=C/c2cc(O)cc(O)c2)c(N(CCCCC)CCCCC)c1. The van der Waals surface area contributed by atoms with E-state index in [1.165, 1.54) is 100 Å². The maximum Gasteiger partial charge on any atom is 0.119 e. The third-order valence-corrected chi connectivity index (χ3v) is 7.23. The van der Waals surface area contributed by atoms with Crippen molar-refractivity contribution in [2.45, 2.75) is 105 Å². The van der Waals surface area contributed by atoms with E-state index >= 15 is 0 Å². The summed E-state index contributed by atoms with van der Waals surface area (Å²) >= 11 is 0. The van der Waals surface area contributed by atoms with Gasteiger partial charge in [-0.1, -0.05) is 97.3 Å². The Morgan fingerprint density at radius 1 is 0.553 bits per heavy atom. The first-order valence-corrected chi connectivity index (χ1v) is 15.4. The van der Waals surface area contributed by atoms with Crippen molar-refractivity contribution >= 4 is 23.5 Å². The summed E-state index contributed by atoms with van der Waals surface area (Å²) < 4.78 is 0. The topological polar surface area (TPSA) is 46.9 Å². The van der Waals surface area contributed by atoms with Crippen LogP contribution >= 0.6 is 0 Å². The number of nitrogens with zero attached hydrogens (tertiary/aromatic N) is 2. The van der Waals surface area contributed by atoms with Gasteiger partial charge in [0.15, 0.2) is 0 Å². The fourth-order valence-electron chi connectivity index (χ4n) is 4.98. The zero-order chi connectivity index (χ0) is 27.6. The minimum Gasteiger partial charge on any atom is -0.508 e.